The normalized spacial score (nSPS) is 24.5. The van der Waals surface area contributed by atoms with Crippen molar-refractivity contribution >= 4 is 0 Å². The van der Waals surface area contributed by atoms with Crippen LogP contribution < -0.4 is 5.32 Å². The van der Waals surface area contributed by atoms with Gasteiger partial charge < -0.3 is 15.0 Å². The lowest BCUT2D eigenvalue weighted by atomic mass is 9.84. The van der Waals surface area contributed by atoms with Crippen molar-refractivity contribution in [3.05, 3.63) is 53.6 Å². The van der Waals surface area contributed by atoms with Gasteiger partial charge in [0.25, 0.3) is 0 Å². The van der Waals surface area contributed by atoms with Gasteiger partial charge in [-0.3, -0.25) is 0 Å². The zero-order chi connectivity index (χ0) is 12.7. The number of fused-ring (bicyclic) bond motifs is 2. The van der Waals surface area contributed by atoms with Crippen molar-refractivity contribution in [2.24, 2.45) is 0 Å². The predicted molar refractivity (Wildman–Crippen MR) is 71.7 cm³/mol. The highest BCUT2D eigenvalue weighted by Gasteiger charge is 2.46. The van der Waals surface area contributed by atoms with E-state index in [0.29, 0.717) is 0 Å². The minimum absolute atomic E-state index is 0.0516. The third kappa shape index (κ3) is 1.64. The molecule has 2 aromatic rings. The van der Waals surface area contributed by atoms with Crippen LogP contribution in [0.4, 0.5) is 0 Å². The summed E-state index contributed by atoms with van der Waals surface area (Å²) in [6.07, 6.45) is 5.65. The van der Waals surface area contributed by atoms with Crippen molar-refractivity contribution in [2.45, 2.75) is 24.5 Å². The van der Waals surface area contributed by atoms with E-state index in [0.717, 1.165) is 31.8 Å². The van der Waals surface area contributed by atoms with Gasteiger partial charge in [-0.05, 0) is 37.1 Å². The van der Waals surface area contributed by atoms with Crippen LogP contribution in [-0.2, 0) is 10.3 Å². The zero-order valence-electron chi connectivity index (χ0n) is 10.7. The van der Waals surface area contributed by atoms with Gasteiger partial charge in [-0.1, -0.05) is 24.3 Å². The Morgan fingerprint density at radius 1 is 1.21 bits per heavy atom. The molecule has 19 heavy (non-hydrogen) atoms. The molecule has 2 aliphatic rings. The molecule has 0 bridgehead atoms. The van der Waals surface area contributed by atoms with E-state index >= 15 is 0 Å². The highest BCUT2D eigenvalue weighted by molar-refractivity contribution is 5.41. The molecule has 98 valence electrons. The lowest BCUT2D eigenvalue weighted by molar-refractivity contribution is -0.0822. The molecular weight excluding hydrogens is 238 g/mol. The molecule has 3 heterocycles. The van der Waals surface area contributed by atoms with Crippen molar-refractivity contribution in [1.29, 1.82) is 0 Å². The first kappa shape index (κ1) is 11.2. The molecule has 2 N–H and O–H groups in total. The molecular formula is C15H17N3O. The number of ether oxygens (including phenoxy) is 1. The van der Waals surface area contributed by atoms with Crippen LogP contribution in [0.25, 0.3) is 0 Å². The number of rotatable bonds is 1. The Labute approximate surface area is 112 Å². The molecule has 1 unspecified atom stereocenters. The van der Waals surface area contributed by atoms with E-state index in [1.54, 1.807) is 6.20 Å². The van der Waals surface area contributed by atoms with Crippen molar-refractivity contribution in [2.75, 3.05) is 13.1 Å². The quantitative estimate of drug-likeness (QED) is 0.820. The fourth-order valence-electron chi connectivity index (χ4n) is 3.33. The van der Waals surface area contributed by atoms with Gasteiger partial charge in [0, 0.05) is 12.4 Å². The highest BCUT2D eigenvalue weighted by Crippen LogP contribution is 2.49. The fraction of sp³-hybridized carbons (Fsp3) is 0.400. The molecule has 1 atom stereocenters. The van der Waals surface area contributed by atoms with E-state index in [2.05, 4.69) is 39.6 Å². The van der Waals surface area contributed by atoms with E-state index < -0.39 is 0 Å². The van der Waals surface area contributed by atoms with Crippen LogP contribution in [0, 0.1) is 0 Å². The van der Waals surface area contributed by atoms with E-state index in [1.807, 2.05) is 6.20 Å². The van der Waals surface area contributed by atoms with Crippen LogP contribution in [0.1, 0.15) is 35.9 Å². The average molecular weight is 255 g/mol. The Bertz CT molecular complexity index is 573. The van der Waals surface area contributed by atoms with E-state index in [4.69, 9.17) is 4.74 Å². The van der Waals surface area contributed by atoms with E-state index in [1.165, 1.54) is 11.1 Å². The number of hydrogen-bond acceptors (Lipinski definition) is 3. The molecule has 4 nitrogen and oxygen atoms in total. The van der Waals surface area contributed by atoms with Crippen LogP contribution in [0.3, 0.4) is 0 Å². The Morgan fingerprint density at radius 2 is 2.05 bits per heavy atom. The standard InChI is InChI=1S/C15H17N3O/c1-2-4-12-11(3-1)13(14-17-9-10-18-14)19-15(12)5-7-16-8-6-15/h1-4,9-10,13,16H,5-8H2,(H,17,18). The van der Waals surface area contributed by atoms with Crippen molar-refractivity contribution in [1.82, 2.24) is 15.3 Å². The maximum absolute atomic E-state index is 6.47. The summed E-state index contributed by atoms with van der Waals surface area (Å²) in [4.78, 5) is 7.57. The molecule has 0 amide bonds. The molecule has 2 aliphatic heterocycles. The number of H-pyrrole nitrogens is 1. The number of imidazole rings is 1. The second kappa shape index (κ2) is 4.18. The van der Waals surface area contributed by atoms with Crippen molar-refractivity contribution < 1.29 is 4.74 Å². The number of piperidine rings is 1. The van der Waals surface area contributed by atoms with E-state index in [9.17, 15) is 0 Å². The molecule has 0 saturated carbocycles. The van der Waals surface area contributed by atoms with Gasteiger partial charge in [0.15, 0.2) is 0 Å². The molecule has 1 aromatic carbocycles. The Balaban J connectivity index is 1.82. The maximum atomic E-state index is 6.47. The Morgan fingerprint density at radius 3 is 2.84 bits per heavy atom. The van der Waals surface area contributed by atoms with Crippen molar-refractivity contribution in [3.63, 3.8) is 0 Å². The first-order valence-corrected chi connectivity index (χ1v) is 6.86. The molecule has 0 aliphatic carbocycles. The molecule has 1 aromatic heterocycles. The average Bonchev–Trinajstić information content (AvgIpc) is 3.08. The minimum atomic E-state index is -0.126. The maximum Gasteiger partial charge on any atom is 0.142 e. The third-order valence-electron chi connectivity index (χ3n) is 4.26. The number of nitrogens with one attached hydrogen (secondary N) is 2. The molecule has 0 radical (unpaired) electrons. The summed E-state index contributed by atoms with van der Waals surface area (Å²) >= 11 is 0. The minimum Gasteiger partial charge on any atom is -0.354 e. The summed E-state index contributed by atoms with van der Waals surface area (Å²) in [6.45, 7) is 2.03. The number of aromatic nitrogens is 2. The lowest BCUT2D eigenvalue weighted by Crippen LogP contribution is -2.39. The monoisotopic (exact) mass is 255 g/mol. The first-order chi connectivity index (χ1) is 9.39. The first-order valence-electron chi connectivity index (χ1n) is 6.86. The Kier molecular flexibility index (Phi) is 2.47. The van der Waals surface area contributed by atoms with Gasteiger partial charge in [-0.25, -0.2) is 4.98 Å². The van der Waals surface area contributed by atoms with Crippen LogP contribution in [0.2, 0.25) is 0 Å². The van der Waals surface area contributed by atoms with Crippen LogP contribution in [0.15, 0.2) is 36.7 Å². The van der Waals surface area contributed by atoms with Gasteiger partial charge in [0.2, 0.25) is 0 Å². The van der Waals surface area contributed by atoms with Crippen LogP contribution >= 0.6 is 0 Å². The summed E-state index contributed by atoms with van der Waals surface area (Å²) < 4.78 is 6.47. The molecule has 1 spiro atoms. The number of benzene rings is 1. The summed E-state index contributed by atoms with van der Waals surface area (Å²) in [7, 11) is 0. The molecule has 4 heteroatoms. The number of aromatic amines is 1. The summed E-state index contributed by atoms with van der Waals surface area (Å²) in [5, 5.41) is 3.41. The zero-order valence-corrected chi connectivity index (χ0v) is 10.7. The lowest BCUT2D eigenvalue weighted by Gasteiger charge is -2.34. The second-order valence-electron chi connectivity index (χ2n) is 5.30. The number of hydrogen-bond donors (Lipinski definition) is 2. The SMILES string of the molecule is c1ccc2c(c1)C(c1ncc[nH]1)OC21CCNCC1. The summed E-state index contributed by atoms with van der Waals surface area (Å²) in [5.74, 6) is 0.905. The smallest absolute Gasteiger partial charge is 0.142 e. The van der Waals surface area contributed by atoms with Crippen LogP contribution in [0.5, 0.6) is 0 Å². The van der Waals surface area contributed by atoms with Crippen molar-refractivity contribution in [3.8, 4) is 0 Å². The highest BCUT2D eigenvalue weighted by atomic mass is 16.5. The van der Waals surface area contributed by atoms with Gasteiger partial charge in [-0.15, -0.1) is 0 Å². The van der Waals surface area contributed by atoms with Crippen LogP contribution in [-0.4, -0.2) is 23.1 Å². The molecule has 1 saturated heterocycles. The number of nitrogens with zero attached hydrogens (tertiary/aromatic N) is 1. The largest absolute Gasteiger partial charge is 0.354 e. The molecule has 1 fully saturated rings. The summed E-state index contributed by atoms with van der Waals surface area (Å²) in [6, 6.07) is 8.57. The predicted octanol–water partition coefficient (Wildman–Crippen LogP) is 2.11. The van der Waals surface area contributed by atoms with E-state index in [-0.39, 0.29) is 11.7 Å². The van der Waals surface area contributed by atoms with Gasteiger partial charge in [-0.2, -0.15) is 0 Å². The van der Waals surface area contributed by atoms with Gasteiger partial charge >= 0.3 is 0 Å². The topological polar surface area (TPSA) is 49.9 Å². The van der Waals surface area contributed by atoms with Gasteiger partial charge in [0.05, 0.1) is 5.60 Å². The Hall–Kier alpha value is -1.65. The van der Waals surface area contributed by atoms with Gasteiger partial charge in [0.1, 0.15) is 11.9 Å². The fourth-order valence-corrected chi connectivity index (χ4v) is 3.33. The summed E-state index contributed by atoms with van der Waals surface area (Å²) in [5.41, 5.74) is 2.48. The third-order valence-corrected chi connectivity index (χ3v) is 4.26. The second-order valence-corrected chi connectivity index (χ2v) is 5.30. The molecule has 4 rings (SSSR count).